The van der Waals surface area contributed by atoms with E-state index in [1.807, 2.05) is 18.5 Å². The van der Waals surface area contributed by atoms with Crippen LogP contribution in [0.25, 0.3) is 0 Å². The van der Waals surface area contributed by atoms with Crippen LogP contribution in [-0.4, -0.2) is 50.0 Å². The number of nitrogens with zero attached hydrogens (tertiary/aromatic N) is 4. The zero-order valence-electron chi connectivity index (χ0n) is 11.4. The normalized spacial score (nSPS) is 21.9. The Bertz CT molecular complexity index is 342. The first kappa shape index (κ1) is 13.5. The molecule has 1 aromatic heterocycles. The standard InChI is InChI=1S/C13H24N4O/c1-3-13(2,18)9-16-6-4-12(5-7-16)8-17-11-14-10-15-17/h10-12,18H,3-9H2,1-2H3/t13-/m0/s1. The number of hydrogen-bond acceptors (Lipinski definition) is 4. The molecule has 2 heterocycles. The second-order valence-electron chi connectivity index (χ2n) is 5.69. The molecule has 102 valence electrons. The summed E-state index contributed by atoms with van der Waals surface area (Å²) in [5.74, 6) is 0.689. The van der Waals surface area contributed by atoms with Crippen LogP contribution in [0.2, 0.25) is 0 Å². The van der Waals surface area contributed by atoms with Crippen LogP contribution in [-0.2, 0) is 6.54 Å². The highest BCUT2D eigenvalue weighted by molar-refractivity contribution is 4.80. The van der Waals surface area contributed by atoms with Gasteiger partial charge in [0, 0.05) is 13.1 Å². The van der Waals surface area contributed by atoms with Crippen molar-refractivity contribution in [3.05, 3.63) is 12.7 Å². The largest absolute Gasteiger partial charge is 0.389 e. The highest BCUT2D eigenvalue weighted by Crippen LogP contribution is 2.21. The summed E-state index contributed by atoms with van der Waals surface area (Å²) in [5, 5.41) is 14.2. The summed E-state index contributed by atoms with van der Waals surface area (Å²) in [6.45, 7) is 7.88. The fourth-order valence-corrected chi connectivity index (χ4v) is 2.51. The molecule has 0 aromatic carbocycles. The van der Waals surface area contributed by atoms with Gasteiger partial charge in [-0.2, -0.15) is 5.10 Å². The fourth-order valence-electron chi connectivity index (χ4n) is 2.51. The molecule has 0 spiro atoms. The van der Waals surface area contributed by atoms with Gasteiger partial charge in [0.15, 0.2) is 0 Å². The molecule has 1 atom stereocenters. The molecule has 1 saturated heterocycles. The van der Waals surface area contributed by atoms with Gasteiger partial charge in [0.25, 0.3) is 0 Å². The lowest BCUT2D eigenvalue weighted by Crippen LogP contribution is -2.44. The highest BCUT2D eigenvalue weighted by Gasteiger charge is 2.26. The van der Waals surface area contributed by atoms with E-state index in [-0.39, 0.29) is 0 Å². The molecule has 5 heteroatoms. The second kappa shape index (κ2) is 5.80. The Hall–Kier alpha value is -0.940. The van der Waals surface area contributed by atoms with Crippen LogP contribution in [0.1, 0.15) is 33.1 Å². The van der Waals surface area contributed by atoms with Crippen LogP contribution >= 0.6 is 0 Å². The predicted octanol–water partition coefficient (Wildman–Crippen LogP) is 1.15. The van der Waals surface area contributed by atoms with Crippen LogP contribution in [0.15, 0.2) is 12.7 Å². The fraction of sp³-hybridized carbons (Fsp3) is 0.846. The van der Waals surface area contributed by atoms with E-state index < -0.39 is 5.60 Å². The summed E-state index contributed by atoms with van der Waals surface area (Å²) < 4.78 is 1.92. The molecule has 0 unspecified atom stereocenters. The van der Waals surface area contributed by atoms with Gasteiger partial charge in [-0.1, -0.05) is 6.92 Å². The monoisotopic (exact) mass is 252 g/mol. The van der Waals surface area contributed by atoms with Gasteiger partial charge in [-0.15, -0.1) is 0 Å². The molecular formula is C13H24N4O. The highest BCUT2D eigenvalue weighted by atomic mass is 16.3. The van der Waals surface area contributed by atoms with Crippen LogP contribution in [0.4, 0.5) is 0 Å². The topological polar surface area (TPSA) is 54.2 Å². The maximum atomic E-state index is 10.1. The molecule has 18 heavy (non-hydrogen) atoms. The Balaban J connectivity index is 1.74. The lowest BCUT2D eigenvalue weighted by molar-refractivity contribution is 0.00561. The van der Waals surface area contributed by atoms with Crippen molar-refractivity contribution in [1.82, 2.24) is 19.7 Å². The minimum absolute atomic E-state index is 0.543. The molecule has 1 aliphatic heterocycles. The Morgan fingerprint density at radius 1 is 1.39 bits per heavy atom. The van der Waals surface area contributed by atoms with Crippen molar-refractivity contribution in [2.45, 2.75) is 45.3 Å². The van der Waals surface area contributed by atoms with Crippen LogP contribution in [0.3, 0.4) is 0 Å². The van der Waals surface area contributed by atoms with E-state index in [9.17, 15) is 5.11 Å². The van der Waals surface area contributed by atoms with E-state index in [2.05, 4.69) is 15.0 Å². The van der Waals surface area contributed by atoms with Crippen molar-refractivity contribution in [2.75, 3.05) is 19.6 Å². The lowest BCUT2D eigenvalue weighted by Gasteiger charge is -2.36. The van der Waals surface area contributed by atoms with E-state index in [0.717, 1.165) is 32.6 Å². The first-order valence-corrected chi connectivity index (χ1v) is 6.86. The molecule has 0 saturated carbocycles. The zero-order valence-corrected chi connectivity index (χ0v) is 11.4. The third kappa shape index (κ3) is 3.78. The third-order valence-electron chi connectivity index (χ3n) is 3.94. The number of rotatable bonds is 5. The summed E-state index contributed by atoms with van der Waals surface area (Å²) in [4.78, 5) is 6.35. The molecule has 1 fully saturated rings. The summed E-state index contributed by atoms with van der Waals surface area (Å²) in [6, 6.07) is 0. The number of likely N-dealkylation sites (tertiary alicyclic amines) is 1. The second-order valence-corrected chi connectivity index (χ2v) is 5.69. The average Bonchev–Trinajstić information content (AvgIpc) is 2.84. The maximum Gasteiger partial charge on any atom is 0.137 e. The molecule has 0 amide bonds. The molecule has 0 bridgehead atoms. The SMILES string of the molecule is CC[C@](C)(O)CN1CCC(Cn2cncn2)CC1. The molecule has 5 nitrogen and oxygen atoms in total. The van der Waals surface area contributed by atoms with Crippen molar-refractivity contribution in [2.24, 2.45) is 5.92 Å². The Morgan fingerprint density at radius 3 is 2.67 bits per heavy atom. The maximum absolute atomic E-state index is 10.1. The summed E-state index contributed by atoms with van der Waals surface area (Å²) >= 11 is 0. The van der Waals surface area contributed by atoms with Crippen molar-refractivity contribution < 1.29 is 5.11 Å². The number of piperidine rings is 1. The van der Waals surface area contributed by atoms with Gasteiger partial charge in [-0.3, -0.25) is 4.68 Å². The third-order valence-corrected chi connectivity index (χ3v) is 3.94. The Kier molecular flexibility index (Phi) is 4.35. The summed E-state index contributed by atoms with van der Waals surface area (Å²) in [7, 11) is 0. The smallest absolute Gasteiger partial charge is 0.137 e. The van der Waals surface area contributed by atoms with Gasteiger partial charge < -0.3 is 10.0 Å². The van der Waals surface area contributed by atoms with E-state index in [4.69, 9.17) is 0 Å². The van der Waals surface area contributed by atoms with Gasteiger partial charge in [0.05, 0.1) is 5.60 Å². The lowest BCUT2D eigenvalue weighted by atomic mass is 9.95. The number of hydrogen-bond donors (Lipinski definition) is 1. The molecule has 0 radical (unpaired) electrons. The Morgan fingerprint density at radius 2 is 2.11 bits per heavy atom. The van der Waals surface area contributed by atoms with Gasteiger partial charge >= 0.3 is 0 Å². The zero-order chi connectivity index (χ0) is 13.0. The molecule has 2 rings (SSSR count). The molecule has 0 aliphatic carbocycles. The van der Waals surface area contributed by atoms with E-state index in [1.165, 1.54) is 12.8 Å². The molecule has 1 aromatic rings. The summed E-state index contributed by atoms with van der Waals surface area (Å²) in [6.07, 6.45) is 6.55. The van der Waals surface area contributed by atoms with E-state index in [1.54, 1.807) is 12.7 Å². The first-order chi connectivity index (χ1) is 8.59. The molecule has 1 aliphatic rings. The molecule has 1 N–H and O–H groups in total. The van der Waals surface area contributed by atoms with Gasteiger partial charge in [0.2, 0.25) is 0 Å². The summed E-state index contributed by atoms with van der Waals surface area (Å²) in [5.41, 5.74) is -0.543. The Labute approximate surface area is 109 Å². The number of β-amino-alcohol motifs (C(OH)–C–C–N with tert-alkyl or cyclic N) is 1. The van der Waals surface area contributed by atoms with E-state index >= 15 is 0 Å². The number of aromatic nitrogens is 3. The first-order valence-electron chi connectivity index (χ1n) is 6.86. The van der Waals surface area contributed by atoms with Crippen molar-refractivity contribution in [1.29, 1.82) is 0 Å². The number of aliphatic hydroxyl groups is 1. The van der Waals surface area contributed by atoms with Gasteiger partial charge in [-0.05, 0) is 45.2 Å². The van der Waals surface area contributed by atoms with Crippen LogP contribution < -0.4 is 0 Å². The van der Waals surface area contributed by atoms with Gasteiger partial charge in [-0.25, -0.2) is 4.98 Å². The molecular weight excluding hydrogens is 228 g/mol. The van der Waals surface area contributed by atoms with Crippen molar-refractivity contribution >= 4 is 0 Å². The average molecular weight is 252 g/mol. The van der Waals surface area contributed by atoms with Crippen molar-refractivity contribution in [3.8, 4) is 0 Å². The van der Waals surface area contributed by atoms with Crippen LogP contribution in [0, 0.1) is 5.92 Å². The quantitative estimate of drug-likeness (QED) is 0.854. The predicted molar refractivity (Wildman–Crippen MR) is 70.1 cm³/mol. The van der Waals surface area contributed by atoms with Crippen LogP contribution in [0.5, 0.6) is 0 Å². The van der Waals surface area contributed by atoms with Gasteiger partial charge in [0.1, 0.15) is 12.7 Å². The van der Waals surface area contributed by atoms with Crippen molar-refractivity contribution in [3.63, 3.8) is 0 Å². The minimum atomic E-state index is -0.543. The minimum Gasteiger partial charge on any atom is -0.389 e. The van der Waals surface area contributed by atoms with E-state index in [0.29, 0.717) is 5.92 Å².